The second-order valence-electron chi connectivity index (χ2n) is 3.25. The van der Waals surface area contributed by atoms with Gasteiger partial charge in [-0.05, 0) is 24.1 Å². The van der Waals surface area contributed by atoms with E-state index in [0.29, 0.717) is 12.1 Å². The first kappa shape index (κ1) is 9.58. The highest BCUT2D eigenvalue weighted by Gasteiger charge is 2.08. The van der Waals surface area contributed by atoms with E-state index in [1.54, 1.807) is 0 Å². The standard InChI is InChI=1S/C10H14N2O/c1-7(10(12)13)5-8-3-2-4-9(11)6-8/h2-4,6-7H,5,11H2,1H3,(H2,12,13). The number of nitrogens with two attached hydrogens (primary N) is 2. The van der Waals surface area contributed by atoms with Crippen molar-refractivity contribution in [3.8, 4) is 0 Å². The molecule has 0 aliphatic heterocycles. The Kier molecular flexibility index (Phi) is 2.90. The van der Waals surface area contributed by atoms with Crippen LogP contribution in [0, 0.1) is 5.92 Å². The lowest BCUT2D eigenvalue weighted by Crippen LogP contribution is -2.22. The predicted molar refractivity (Wildman–Crippen MR) is 52.9 cm³/mol. The summed E-state index contributed by atoms with van der Waals surface area (Å²) in [6.45, 7) is 1.81. The Morgan fingerprint density at radius 3 is 2.77 bits per heavy atom. The van der Waals surface area contributed by atoms with Gasteiger partial charge in [-0.1, -0.05) is 19.1 Å². The number of nitrogen functional groups attached to an aromatic ring is 1. The van der Waals surface area contributed by atoms with Gasteiger partial charge in [0.2, 0.25) is 5.91 Å². The lowest BCUT2D eigenvalue weighted by atomic mass is 10.0. The summed E-state index contributed by atoms with van der Waals surface area (Å²) in [5, 5.41) is 0. The van der Waals surface area contributed by atoms with Gasteiger partial charge in [0.25, 0.3) is 0 Å². The number of carbonyl (C=O) groups excluding carboxylic acids is 1. The Morgan fingerprint density at radius 2 is 2.23 bits per heavy atom. The molecule has 0 radical (unpaired) electrons. The lowest BCUT2D eigenvalue weighted by Gasteiger charge is -2.07. The van der Waals surface area contributed by atoms with Crippen LogP contribution in [0.4, 0.5) is 5.69 Å². The number of amides is 1. The van der Waals surface area contributed by atoms with Gasteiger partial charge in [-0.15, -0.1) is 0 Å². The lowest BCUT2D eigenvalue weighted by molar-refractivity contribution is -0.121. The second kappa shape index (κ2) is 3.94. The van der Waals surface area contributed by atoms with E-state index in [2.05, 4.69) is 0 Å². The molecular formula is C10H14N2O. The summed E-state index contributed by atoms with van der Waals surface area (Å²) in [6, 6.07) is 7.49. The van der Waals surface area contributed by atoms with Crippen LogP contribution in [0.5, 0.6) is 0 Å². The van der Waals surface area contributed by atoms with Crippen LogP contribution in [0.1, 0.15) is 12.5 Å². The number of primary amides is 1. The van der Waals surface area contributed by atoms with Crippen LogP contribution in [0.15, 0.2) is 24.3 Å². The summed E-state index contributed by atoms with van der Waals surface area (Å²) in [5.41, 5.74) is 12.5. The minimum atomic E-state index is -0.276. The van der Waals surface area contributed by atoms with Crippen LogP contribution in [0.2, 0.25) is 0 Å². The molecule has 1 aromatic rings. The molecule has 0 saturated heterocycles. The molecule has 0 fully saturated rings. The van der Waals surface area contributed by atoms with Gasteiger partial charge < -0.3 is 11.5 Å². The predicted octanol–water partition coefficient (Wildman–Crippen LogP) is 0.933. The number of carbonyl (C=O) groups is 1. The monoisotopic (exact) mass is 178 g/mol. The third kappa shape index (κ3) is 2.78. The molecule has 0 aromatic heterocycles. The van der Waals surface area contributed by atoms with Gasteiger partial charge in [-0.25, -0.2) is 0 Å². The number of rotatable bonds is 3. The molecule has 4 N–H and O–H groups in total. The molecular weight excluding hydrogens is 164 g/mol. The fraction of sp³-hybridized carbons (Fsp3) is 0.300. The molecule has 3 nitrogen and oxygen atoms in total. The SMILES string of the molecule is CC(Cc1cccc(N)c1)C(N)=O. The molecule has 0 heterocycles. The number of benzene rings is 1. The van der Waals surface area contributed by atoms with Crippen molar-refractivity contribution in [1.82, 2.24) is 0 Å². The van der Waals surface area contributed by atoms with Crippen molar-refractivity contribution in [3.63, 3.8) is 0 Å². The fourth-order valence-electron chi connectivity index (χ4n) is 1.17. The zero-order chi connectivity index (χ0) is 9.84. The second-order valence-corrected chi connectivity index (χ2v) is 3.25. The van der Waals surface area contributed by atoms with E-state index in [0.717, 1.165) is 5.56 Å². The molecule has 1 unspecified atom stereocenters. The molecule has 0 saturated carbocycles. The van der Waals surface area contributed by atoms with Crippen LogP contribution in [-0.4, -0.2) is 5.91 Å². The average molecular weight is 178 g/mol. The maximum absolute atomic E-state index is 10.8. The van der Waals surface area contributed by atoms with Crippen LogP contribution >= 0.6 is 0 Å². The Morgan fingerprint density at radius 1 is 1.54 bits per heavy atom. The van der Waals surface area contributed by atoms with E-state index < -0.39 is 0 Å². The topological polar surface area (TPSA) is 69.1 Å². The fourth-order valence-corrected chi connectivity index (χ4v) is 1.17. The van der Waals surface area contributed by atoms with E-state index >= 15 is 0 Å². The van der Waals surface area contributed by atoms with Crippen molar-refractivity contribution in [2.24, 2.45) is 11.7 Å². The molecule has 13 heavy (non-hydrogen) atoms. The molecule has 70 valence electrons. The summed E-state index contributed by atoms with van der Waals surface area (Å²) in [5.74, 6) is -0.413. The normalized spacial score (nSPS) is 12.4. The maximum Gasteiger partial charge on any atom is 0.220 e. The van der Waals surface area contributed by atoms with Crippen molar-refractivity contribution in [1.29, 1.82) is 0 Å². The summed E-state index contributed by atoms with van der Waals surface area (Å²) >= 11 is 0. The summed E-state index contributed by atoms with van der Waals surface area (Å²) in [6.07, 6.45) is 0.653. The number of hydrogen-bond donors (Lipinski definition) is 2. The largest absolute Gasteiger partial charge is 0.399 e. The minimum absolute atomic E-state index is 0.137. The van der Waals surface area contributed by atoms with Crippen molar-refractivity contribution in [2.45, 2.75) is 13.3 Å². The van der Waals surface area contributed by atoms with E-state index in [4.69, 9.17) is 11.5 Å². The van der Waals surface area contributed by atoms with Crippen molar-refractivity contribution < 1.29 is 4.79 Å². The Balaban J connectivity index is 2.69. The summed E-state index contributed by atoms with van der Waals surface area (Å²) in [4.78, 5) is 10.8. The van der Waals surface area contributed by atoms with E-state index in [-0.39, 0.29) is 11.8 Å². The highest BCUT2D eigenvalue weighted by molar-refractivity contribution is 5.76. The maximum atomic E-state index is 10.8. The van der Waals surface area contributed by atoms with Gasteiger partial charge in [-0.3, -0.25) is 4.79 Å². The van der Waals surface area contributed by atoms with Crippen LogP contribution in [0.3, 0.4) is 0 Å². The van der Waals surface area contributed by atoms with E-state index in [1.807, 2.05) is 31.2 Å². The minimum Gasteiger partial charge on any atom is -0.399 e. The smallest absolute Gasteiger partial charge is 0.220 e. The van der Waals surface area contributed by atoms with Gasteiger partial charge in [0, 0.05) is 11.6 Å². The third-order valence-electron chi connectivity index (χ3n) is 1.98. The van der Waals surface area contributed by atoms with Gasteiger partial charge in [-0.2, -0.15) is 0 Å². The third-order valence-corrected chi connectivity index (χ3v) is 1.98. The molecule has 0 aliphatic rings. The Labute approximate surface area is 77.7 Å². The van der Waals surface area contributed by atoms with E-state index in [1.165, 1.54) is 0 Å². The molecule has 0 bridgehead atoms. The van der Waals surface area contributed by atoms with Gasteiger partial charge in [0.1, 0.15) is 0 Å². The Hall–Kier alpha value is -1.51. The van der Waals surface area contributed by atoms with E-state index in [9.17, 15) is 4.79 Å². The zero-order valence-corrected chi connectivity index (χ0v) is 7.66. The summed E-state index contributed by atoms with van der Waals surface area (Å²) < 4.78 is 0. The first-order chi connectivity index (χ1) is 6.09. The van der Waals surface area contributed by atoms with Crippen molar-refractivity contribution in [3.05, 3.63) is 29.8 Å². The molecule has 0 spiro atoms. The van der Waals surface area contributed by atoms with Gasteiger partial charge in [0.15, 0.2) is 0 Å². The number of hydrogen-bond acceptors (Lipinski definition) is 2. The average Bonchev–Trinajstić information content (AvgIpc) is 2.04. The molecule has 1 amide bonds. The highest BCUT2D eigenvalue weighted by atomic mass is 16.1. The summed E-state index contributed by atoms with van der Waals surface area (Å²) in [7, 11) is 0. The van der Waals surface area contributed by atoms with Crippen molar-refractivity contribution >= 4 is 11.6 Å². The highest BCUT2D eigenvalue weighted by Crippen LogP contribution is 2.11. The first-order valence-corrected chi connectivity index (χ1v) is 4.23. The molecule has 3 heteroatoms. The number of anilines is 1. The van der Waals surface area contributed by atoms with Gasteiger partial charge in [0.05, 0.1) is 0 Å². The van der Waals surface area contributed by atoms with Crippen LogP contribution < -0.4 is 11.5 Å². The Bertz CT molecular complexity index is 310. The van der Waals surface area contributed by atoms with Crippen LogP contribution in [-0.2, 0) is 11.2 Å². The quantitative estimate of drug-likeness (QED) is 0.676. The zero-order valence-electron chi connectivity index (χ0n) is 7.66. The van der Waals surface area contributed by atoms with Crippen molar-refractivity contribution in [2.75, 3.05) is 5.73 Å². The molecule has 1 rings (SSSR count). The molecule has 0 aliphatic carbocycles. The first-order valence-electron chi connectivity index (χ1n) is 4.23. The van der Waals surface area contributed by atoms with Crippen LogP contribution in [0.25, 0.3) is 0 Å². The molecule has 1 aromatic carbocycles. The van der Waals surface area contributed by atoms with Gasteiger partial charge >= 0.3 is 0 Å². The molecule has 1 atom stereocenters.